The zero-order chi connectivity index (χ0) is 20.6. The van der Waals surface area contributed by atoms with Crippen molar-refractivity contribution in [2.24, 2.45) is 14.1 Å². The van der Waals surface area contributed by atoms with Crippen molar-refractivity contribution in [1.29, 1.82) is 0 Å². The van der Waals surface area contributed by atoms with Gasteiger partial charge in [0.05, 0.1) is 16.6 Å². The number of halogens is 3. The van der Waals surface area contributed by atoms with Gasteiger partial charge in [0.15, 0.2) is 5.16 Å². The number of aryl methyl sites for hydroxylation is 1. The van der Waals surface area contributed by atoms with Gasteiger partial charge in [0.2, 0.25) is 0 Å². The van der Waals surface area contributed by atoms with Gasteiger partial charge in [-0.05, 0) is 24.6 Å². The Balaban J connectivity index is 2.00. The van der Waals surface area contributed by atoms with Crippen LogP contribution >= 0.6 is 11.8 Å². The number of hydrogen-bond acceptors (Lipinski definition) is 4. The molecule has 0 amide bonds. The van der Waals surface area contributed by atoms with Gasteiger partial charge < -0.3 is 4.57 Å². The minimum atomic E-state index is -4.43. The Bertz CT molecular complexity index is 1140. The normalized spacial score (nSPS) is 12.1. The van der Waals surface area contributed by atoms with Crippen molar-refractivity contribution in [2.75, 3.05) is 0 Å². The van der Waals surface area contributed by atoms with Crippen LogP contribution in [0.5, 0.6) is 0 Å². The lowest BCUT2D eigenvalue weighted by atomic mass is 10.2. The van der Waals surface area contributed by atoms with Crippen molar-refractivity contribution in [3.05, 3.63) is 56.4 Å². The number of thioether (sulfide) groups is 1. The summed E-state index contributed by atoms with van der Waals surface area (Å²) in [5, 5.41) is 0.546. The van der Waals surface area contributed by atoms with Crippen molar-refractivity contribution in [2.45, 2.75) is 37.0 Å². The molecule has 0 saturated heterocycles. The number of benzene rings is 1. The van der Waals surface area contributed by atoms with Crippen molar-refractivity contribution in [1.82, 2.24) is 18.7 Å². The SMILES string of the molecule is CCCn1c(SCc2cc(=O)n(C)c(=O)n2C)nc2ccc(C(F)(F)F)cc21. The maximum Gasteiger partial charge on any atom is 0.416 e. The van der Waals surface area contributed by atoms with Crippen molar-refractivity contribution >= 4 is 22.8 Å². The maximum absolute atomic E-state index is 13.1. The first-order valence-electron chi connectivity index (χ1n) is 8.59. The maximum atomic E-state index is 13.1. The number of hydrogen-bond donors (Lipinski definition) is 0. The van der Waals surface area contributed by atoms with E-state index < -0.39 is 23.0 Å². The minimum Gasteiger partial charge on any atom is -0.319 e. The summed E-state index contributed by atoms with van der Waals surface area (Å²) >= 11 is 1.28. The van der Waals surface area contributed by atoms with Crippen molar-refractivity contribution < 1.29 is 13.2 Å². The fraction of sp³-hybridized carbons (Fsp3) is 0.389. The van der Waals surface area contributed by atoms with Crippen LogP contribution in [-0.4, -0.2) is 18.7 Å². The number of alkyl halides is 3. The van der Waals surface area contributed by atoms with Gasteiger partial charge in [-0.3, -0.25) is 13.9 Å². The van der Waals surface area contributed by atoms with Gasteiger partial charge >= 0.3 is 11.9 Å². The Morgan fingerprint density at radius 3 is 2.46 bits per heavy atom. The highest BCUT2D eigenvalue weighted by molar-refractivity contribution is 7.98. The molecule has 0 bridgehead atoms. The largest absolute Gasteiger partial charge is 0.416 e. The Hall–Kier alpha value is -2.49. The Labute approximate surface area is 162 Å². The first kappa shape index (κ1) is 20.2. The van der Waals surface area contributed by atoms with Crippen LogP contribution in [-0.2, 0) is 32.6 Å². The smallest absolute Gasteiger partial charge is 0.319 e. The van der Waals surface area contributed by atoms with Gasteiger partial charge in [-0.25, -0.2) is 9.78 Å². The highest BCUT2D eigenvalue weighted by Gasteiger charge is 2.31. The average molecular weight is 412 g/mol. The van der Waals surface area contributed by atoms with E-state index in [2.05, 4.69) is 4.98 Å². The zero-order valence-electron chi connectivity index (χ0n) is 15.6. The van der Waals surface area contributed by atoms with Crippen LogP contribution in [0.15, 0.2) is 39.0 Å². The lowest BCUT2D eigenvalue weighted by Gasteiger charge is -2.11. The minimum absolute atomic E-state index is 0.293. The van der Waals surface area contributed by atoms with Crippen LogP contribution in [0.25, 0.3) is 11.0 Å². The Morgan fingerprint density at radius 1 is 1.11 bits per heavy atom. The molecule has 2 aromatic heterocycles. The van der Waals surface area contributed by atoms with Gasteiger partial charge in [0, 0.05) is 38.2 Å². The molecule has 3 aromatic rings. The topological polar surface area (TPSA) is 61.8 Å². The molecule has 0 radical (unpaired) electrons. The molecule has 1 aromatic carbocycles. The molecule has 6 nitrogen and oxygen atoms in total. The van der Waals surface area contributed by atoms with Crippen LogP contribution in [0, 0.1) is 0 Å². The number of imidazole rings is 1. The van der Waals surface area contributed by atoms with Gasteiger partial charge in [-0.15, -0.1) is 0 Å². The third-order valence-electron chi connectivity index (χ3n) is 4.46. The second-order valence-corrected chi connectivity index (χ2v) is 7.35. The monoisotopic (exact) mass is 412 g/mol. The van der Waals surface area contributed by atoms with Crippen molar-refractivity contribution in [3.63, 3.8) is 0 Å². The standard InChI is InChI=1S/C18H19F3N4O2S/c1-4-7-25-14-8-11(18(19,20)21)5-6-13(14)22-16(25)28-10-12-9-15(26)24(3)17(27)23(12)2/h5-6,8-9H,4,7,10H2,1-3H3. The number of nitrogens with zero attached hydrogens (tertiary/aromatic N) is 4. The fourth-order valence-electron chi connectivity index (χ4n) is 2.88. The van der Waals surface area contributed by atoms with E-state index in [-0.39, 0.29) is 0 Å². The lowest BCUT2D eigenvalue weighted by Crippen LogP contribution is -2.37. The van der Waals surface area contributed by atoms with E-state index in [0.29, 0.717) is 34.2 Å². The lowest BCUT2D eigenvalue weighted by molar-refractivity contribution is -0.137. The zero-order valence-corrected chi connectivity index (χ0v) is 16.4. The third-order valence-corrected chi connectivity index (χ3v) is 5.47. The van der Waals surface area contributed by atoms with Crippen LogP contribution in [0.2, 0.25) is 0 Å². The molecule has 0 aliphatic carbocycles. The average Bonchev–Trinajstić information content (AvgIpc) is 2.98. The summed E-state index contributed by atoms with van der Waals surface area (Å²) in [6.45, 7) is 2.44. The molecule has 2 heterocycles. The summed E-state index contributed by atoms with van der Waals surface area (Å²) in [6.07, 6.45) is -3.70. The van der Waals surface area contributed by atoms with Crippen LogP contribution in [0.3, 0.4) is 0 Å². The molecule has 0 unspecified atom stereocenters. The van der Waals surface area contributed by atoms with E-state index in [1.54, 1.807) is 11.6 Å². The summed E-state index contributed by atoms with van der Waals surface area (Å²) in [7, 11) is 2.97. The molecular formula is C18H19F3N4O2S. The van der Waals surface area contributed by atoms with Crippen LogP contribution in [0.1, 0.15) is 24.6 Å². The first-order chi connectivity index (χ1) is 13.1. The van der Waals surface area contributed by atoms with E-state index in [0.717, 1.165) is 23.1 Å². The predicted molar refractivity (Wildman–Crippen MR) is 102 cm³/mol. The van der Waals surface area contributed by atoms with Gasteiger partial charge in [-0.1, -0.05) is 18.7 Å². The predicted octanol–water partition coefficient (Wildman–Crippen LogP) is 3.15. The van der Waals surface area contributed by atoms with Crippen molar-refractivity contribution in [3.8, 4) is 0 Å². The molecule has 3 rings (SSSR count). The fourth-order valence-corrected chi connectivity index (χ4v) is 3.94. The first-order valence-corrected chi connectivity index (χ1v) is 9.58. The number of aromatic nitrogens is 4. The second-order valence-electron chi connectivity index (χ2n) is 6.41. The molecule has 150 valence electrons. The molecular weight excluding hydrogens is 393 g/mol. The summed E-state index contributed by atoms with van der Waals surface area (Å²) in [6, 6.07) is 4.87. The molecule has 10 heteroatoms. The molecule has 28 heavy (non-hydrogen) atoms. The van der Waals surface area contributed by atoms with Crippen LogP contribution in [0.4, 0.5) is 13.2 Å². The quantitative estimate of drug-likeness (QED) is 0.604. The number of fused-ring (bicyclic) bond motifs is 1. The third kappa shape index (κ3) is 3.73. The summed E-state index contributed by atoms with van der Waals surface area (Å²) < 4.78 is 43.3. The molecule has 0 aliphatic rings. The summed E-state index contributed by atoms with van der Waals surface area (Å²) in [5.41, 5.74) is -0.152. The molecule has 0 spiro atoms. The molecule has 0 N–H and O–H groups in total. The van der Waals surface area contributed by atoms with Gasteiger partial charge in [-0.2, -0.15) is 13.2 Å². The highest BCUT2D eigenvalue weighted by Crippen LogP contribution is 2.33. The second kappa shape index (κ2) is 7.50. The van der Waals surface area contributed by atoms with E-state index in [1.165, 1.54) is 35.5 Å². The molecule has 0 aliphatic heterocycles. The molecule has 0 atom stereocenters. The number of rotatable bonds is 5. The highest BCUT2D eigenvalue weighted by atomic mass is 32.2. The molecule has 0 fully saturated rings. The van der Waals surface area contributed by atoms with Gasteiger partial charge in [0.25, 0.3) is 5.56 Å². The Kier molecular flexibility index (Phi) is 5.42. The van der Waals surface area contributed by atoms with Gasteiger partial charge in [0.1, 0.15) is 0 Å². The summed E-state index contributed by atoms with van der Waals surface area (Å²) in [5.74, 6) is 0.293. The Morgan fingerprint density at radius 2 is 1.82 bits per heavy atom. The van der Waals surface area contributed by atoms with Crippen LogP contribution < -0.4 is 11.2 Å². The van der Waals surface area contributed by atoms with E-state index in [4.69, 9.17) is 0 Å². The van der Waals surface area contributed by atoms with E-state index >= 15 is 0 Å². The van der Waals surface area contributed by atoms with E-state index in [1.807, 2.05) is 6.92 Å². The summed E-state index contributed by atoms with van der Waals surface area (Å²) in [4.78, 5) is 28.4. The van der Waals surface area contributed by atoms with E-state index in [9.17, 15) is 22.8 Å². The molecule has 0 saturated carbocycles.